The summed E-state index contributed by atoms with van der Waals surface area (Å²) in [7, 11) is 0. The Labute approximate surface area is 179 Å². The van der Waals surface area contributed by atoms with Crippen molar-refractivity contribution < 1.29 is 14.3 Å². The monoisotopic (exact) mass is 433 g/mol. The molecule has 0 bridgehead atoms. The van der Waals surface area contributed by atoms with Crippen molar-refractivity contribution in [1.29, 1.82) is 0 Å². The van der Waals surface area contributed by atoms with Crippen molar-refractivity contribution in [2.45, 2.75) is 6.92 Å². The van der Waals surface area contributed by atoms with Gasteiger partial charge in [-0.05, 0) is 17.2 Å². The molecule has 0 aliphatic carbocycles. The smallest absolute Gasteiger partial charge is 0.294 e. The Morgan fingerprint density at radius 1 is 1.19 bits per heavy atom. The fourth-order valence-corrected chi connectivity index (χ4v) is 2.87. The van der Waals surface area contributed by atoms with Gasteiger partial charge in [-0.15, -0.1) is 5.10 Å². The van der Waals surface area contributed by atoms with Crippen LogP contribution in [0.25, 0.3) is 17.1 Å². The summed E-state index contributed by atoms with van der Waals surface area (Å²) < 4.78 is 5.87. The van der Waals surface area contributed by atoms with Crippen LogP contribution in [0.15, 0.2) is 64.3 Å². The van der Waals surface area contributed by atoms with Crippen molar-refractivity contribution in [1.82, 2.24) is 30.7 Å². The van der Waals surface area contributed by atoms with Crippen LogP contribution in [0.4, 0.5) is 11.5 Å². The van der Waals surface area contributed by atoms with E-state index in [9.17, 15) is 14.9 Å². The number of hydrogen-bond acceptors (Lipinski definition) is 10. The summed E-state index contributed by atoms with van der Waals surface area (Å²) in [4.78, 5) is 23.4. The molecule has 0 aliphatic heterocycles. The molecule has 160 valence electrons. The van der Waals surface area contributed by atoms with Gasteiger partial charge < -0.3 is 5.73 Å². The van der Waals surface area contributed by atoms with Crippen LogP contribution in [0.5, 0.6) is 0 Å². The van der Waals surface area contributed by atoms with E-state index in [-0.39, 0.29) is 23.0 Å². The van der Waals surface area contributed by atoms with Gasteiger partial charge in [0.15, 0.2) is 5.69 Å². The van der Waals surface area contributed by atoms with Crippen LogP contribution in [0.3, 0.4) is 0 Å². The molecule has 32 heavy (non-hydrogen) atoms. The first-order valence-corrected chi connectivity index (χ1v) is 9.14. The number of rotatable bonds is 6. The van der Waals surface area contributed by atoms with Crippen LogP contribution in [-0.4, -0.2) is 41.8 Å². The minimum Gasteiger partial charge on any atom is -0.378 e. The maximum atomic E-state index is 12.9. The topological polar surface area (TPSA) is 180 Å². The SMILES string of the molecule is CC(=NNC(=O)c1nnn(-c2nonc2N)c1-c1ccccc1)c1cccc([N+](=O)[O-])c1. The van der Waals surface area contributed by atoms with Crippen LogP contribution < -0.4 is 11.2 Å². The number of hydrazone groups is 1. The Bertz CT molecular complexity index is 1330. The number of benzene rings is 2. The zero-order valence-corrected chi connectivity index (χ0v) is 16.5. The number of hydrogen-bond donors (Lipinski definition) is 2. The quantitative estimate of drug-likeness (QED) is 0.261. The van der Waals surface area contributed by atoms with Crippen LogP contribution in [0.2, 0.25) is 0 Å². The molecule has 2 heterocycles. The molecule has 13 heteroatoms. The first-order valence-electron chi connectivity index (χ1n) is 9.14. The molecule has 0 radical (unpaired) electrons. The molecule has 13 nitrogen and oxygen atoms in total. The summed E-state index contributed by atoms with van der Waals surface area (Å²) in [6, 6.07) is 14.8. The molecular weight excluding hydrogens is 418 g/mol. The fraction of sp³-hybridized carbons (Fsp3) is 0.0526. The molecule has 0 spiro atoms. The van der Waals surface area contributed by atoms with Gasteiger partial charge in [0.2, 0.25) is 11.6 Å². The Hall–Kier alpha value is -4.94. The molecule has 0 atom stereocenters. The van der Waals surface area contributed by atoms with Crippen LogP contribution in [0.1, 0.15) is 23.0 Å². The second-order valence-electron chi connectivity index (χ2n) is 6.48. The lowest BCUT2D eigenvalue weighted by Gasteiger charge is -2.06. The minimum atomic E-state index is -0.657. The normalized spacial score (nSPS) is 11.3. The van der Waals surface area contributed by atoms with E-state index in [0.29, 0.717) is 22.5 Å². The Kier molecular flexibility index (Phi) is 5.36. The van der Waals surface area contributed by atoms with E-state index in [4.69, 9.17) is 5.73 Å². The van der Waals surface area contributed by atoms with Crippen molar-refractivity contribution in [2.24, 2.45) is 5.10 Å². The second kappa shape index (κ2) is 8.43. The maximum absolute atomic E-state index is 12.9. The summed E-state index contributed by atoms with van der Waals surface area (Å²) in [6.45, 7) is 1.61. The Balaban J connectivity index is 1.68. The molecule has 4 rings (SSSR count). The third-order valence-electron chi connectivity index (χ3n) is 4.43. The summed E-state index contributed by atoms with van der Waals surface area (Å²) >= 11 is 0. The number of nitro groups is 1. The van der Waals surface area contributed by atoms with E-state index >= 15 is 0 Å². The van der Waals surface area contributed by atoms with Crippen LogP contribution in [-0.2, 0) is 0 Å². The number of nitrogen functional groups attached to an aromatic ring is 1. The highest BCUT2D eigenvalue weighted by atomic mass is 16.6. The van der Waals surface area contributed by atoms with Gasteiger partial charge in [-0.1, -0.05) is 47.7 Å². The van der Waals surface area contributed by atoms with Crippen LogP contribution in [0, 0.1) is 10.1 Å². The van der Waals surface area contributed by atoms with Crippen LogP contribution >= 0.6 is 0 Å². The van der Waals surface area contributed by atoms with E-state index in [2.05, 4.69) is 35.8 Å². The summed E-state index contributed by atoms with van der Waals surface area (Å²) in [5.74, 6) is -0.611. The first kappa shape index (κ1) is 20.3. The van der Waals surface area contributed by atoms with E-state index in [1.54, 1.807) is 37.3 Å². The van der Waals surface area contributed by atoms with Crippen molar-refractivity contribution in [3.63, 3.8) is 0 Å². The van der Waals surface area contributed by atoms with Gasteiger partial charge in [-0.2, -0.15) is 9.78 Å². The second-order valence-corrected chi connectivity index (χ2v) is 6.48. The van der Waals surface area contributed by atoms with Crippen molar-refractivity contribution in [3.8, 4) is 17.1 Å². The lowest BCUT2D eigenvalue weighted by Crippen LogP contribution is -2.21. The van der Waals surface area contributed by atoms with E-state index in [0.717, 1.165) is 0 Å². The highest BCUT2D eigenvalue weighted by Gasteiger charge is 2.25. The third kappa shape index (κ3) is 3.89. The molecule has 0 saturated carbocycles. The predicted molar refractivity (Wildman–Crippen MR) is 112 cm³/mol. The number of carbonyl (C=O) groups excluding carboxylic acids is 1. The van der Waals surface area contributed by atoms with Gasteiger partial charge in [-0.25, -0.2) is 10.1 Å². The van der Waals surface area contributed by atoms with E-state index in [1.807, 2.05) is 6.07 Å². The summed E-state index contributed by atoms with van der Waals surface area (Å²) in [6.07, 6.45) is 0. The molecule has 4 aromatic rings. The number of anilines is 1. The van der Waals surface area contributed by atoms with E-state index in [1.165, 1.54) is 22.9 Å². The zero-order valence-electron chi connectivity index (χ0n) is 16.5. The summed E-state index contributed by atoms with van der Waals surface area (Å²) in [5, 5.41) is 30.2. The van der Waals surface area contributed by atoms with Crippen molar-refractivity contribution in [2.75, 3.05) is 5.73 Å². The number of nitro benzene ring substituents is 1. The van der Waals surface area contributed by atoms with Gasteiger partial charge in [0.05, 0.1) is 10.6 Å². The number of carbonyl (C=O) groups is 1. The lowest BCUT2D eigenvalue weighted by atomic mass is 10.1. The first-order chi connectivity index (χ1) is 15.5. The average Bonchev–Trinajstić information content (AvgIpc) is 3.43. The molecule has 0 saturated heterocycles. The highest BCUT2D eigenvalue weighted by molar-refractivity contribution is 6.02. The van der Waals surface area contributed by atoms with Gasteiger partial charge in [0.1, 0.15) is 5.69 Å². The third-order valence-corrected chi connectivity index (χ3v) is 4.43. The number of nitrogens with two attached hydrogens (primary N) is 1. The zero-order chi connectivity index (χ0) is 22.7. The van der Waals surface area contributed by atoms with E-state index < -0.39 is 10.8 Å². The average molecular weight is 433 g/mol. The number of nitrogens with zero attached hydrogens (tertiary/aromatic N) is 7. The Morgan fingerprint density at radius 3 is 2.66 bits per heavy atom. The molecule has 3 N–H and O–H groups in total. The van der Waals surface area contributed by atoms with Gasteiger partial charge in [-0.3, -0.25) is 14.9 Å². The number of aromatic nitrogens is 5. The summed E-state index contributed by atoms with van der Waals surface area (Å²) in [5.41, 5.74) is 9.80. The lowest BCUT2D eigenvalue weighted by molar-refractivity contribution is -0.384. The molecule has 0 unspecified atom stereocenters. The molecule has 0 fully saturated rings. The maximum Gasteiger partial charge on any atom is 0.294 e. The van der Waals surface area contributed by atoms with Gasteiger partial charge in [0, 0.05) is 23.3 Å². The highest BCUT2D eigenvalue weighted by Crippen LogP contribution is 2.26. The molecule has 2 aromatic carbocycles. The molecular formula is C19H15N9O4. The number of amides is 1. The van der Waals surface area contributed by atoms with Gasteiger partial charge in [0.25, 0.3) is 11.6 Å². The molecule has 1 amide bonds. The number of nitrogens with one attached hydrogen (secondary N) is 1. The largest absolute Gasteiger partial charge is 0.378 e. The predicted octanol–water partition coefficient (Wildman–Crippen LogP) is 1.96. The molecule has 0 aliphatic rings. The minimum absolute atomic E-state index is 0.0291. The van der Waals surface area contributed by atoms with Crippen molar-refractivity contribution >= 4 is 23.1 Å². The standard InChI is InChI=1S/C19H15N9O4/c1-11(13-8-5-9-14(10-13)28(30)31)21-23-19(29)15-16(12-6-3-2-4-7-12)27(26-22-15)18-17(20)24-32-25-18/h2-10H,1H3,(H2,20,24)(H,23,29). The van der Waals surface area contributed by atoms with Crippen molar-refractivity contribution in [3.05, 3.63) is 76.0 Å². The number of non-ortho nitro benzene ring substituents is 1. The fourth-order valence-electron chi connectivity index (χ4n) is 2.87. The molecule has 2 aromatic heterocycles. The van der Waals surface area contributed by atoms with Gasteiger partial charge >= 0.3 is 0 Å². The Morgan fingerprint density at radius 2 is 1.97 bits per heavy atom.